The summed E-state index contributed by atoms with van der Waals surface area (Å²) in [6, 6.07) is 14.2. The number of primary amides is 1. The Kier molecular flexibility index (Phi) is 5.50. The number of nitrogens with zero attached hydrogens (tertiary/aromatic N) is 5. The lowest BCUT2D eigenvalue weighted by atomic mass is 10.1. The van der Waals surface area contributed by atoms with E-state index in [1.807, 2.05) is 6.07 Å². The van der Waals surface area contributed by atoms with Gasteiger partial charge in [-0.1, -0.05) is 17.3 Å². The van der Waals surface area contributed by atoms with Gasteiger partial charge >= 0.3 is 0 Å². The van der Waals surface area contributed by atoms with Crippen LogP contribution in [0.25, 0.3) is 33.3 Å². The average molecular weight is 453 g/mol. The lowest BCUT2D eigenvalue weighted by Crippen LogP contribution is -2.13. The molecule has 2 N–H and O–H groups in total. The SMILES string of the molecule is Cl.NC(=O)c1ccc(-c2ccc3nnn(Cc4cc5cccnc5cc4F)c3n2)cc1F. The number of halogens is 3. The molecule has 3 aromatic heterocycles. The Morgan fingerprint density at radius 3 is 2.62 bits per heavy atom. The number of hydrogen-bond donors (Lipinski definition) is 1. The molecule has 5 aromatic rings. The minimum atomic E-state index is -0.845. The average Bonchev–Trinajstić information content (AvgIpc) is 3.16. The Hall–Kier alpha value is -3.98. The highest BCUT2D eigenvalue weighted by atomic mass is 35.5. The molecule has 3 heterocycles. The molecule has 0 atom stereocenters. The molecule has 160 valence electrons. The lowest BCUT2D eigenvalue weighted by molar-refractivity contribution is 0.0996. The van der Waals surface area contributed by atoms with Gasteiger partial charge in [0.25, 0.3) is 5.91 Å². The van der Waals surface area contributed by atoms with Crippen LogP contribution in [0.5, 0.6) is 0 Å². The van der Waals surface area contributed by atoms with Gasteiger partial charge in [-0.25, -0.2) is 18.4 Å². The van der Waals surface area contributed by atoms with Crippen LogP contribution in [0.3, 0.4) is 0 Å². The topological polar surface area (TPSA) is 99.6 Å². The molecule has 0 aliphatic carbocycles. The Bertz CT molecular complexity index is 1490. The van der Waals surface area contributed by atoms with Gasteiger partial charge < -0.3 is 5.73 Å². The van der Waals surface area contributed by atoms with E-state index in [9.17, 15) is 13.6 Å². The zero-order valence-corrected chi connectivity index (χ0v) is 17.2. The summed E-state index contributed by atoms with van der Waals surface area (Å²) in [6.07, 6.45) is 1.61. The molecule has 0 radical (unpaired) electrons. The summed E-state index contributed by atoms with van der Waals surface area (Å²) in [7, 11) is 0. The minimum absolute atomic E-state index is 0. The van der Waals surface area contributed by atoms with E-state index in [1.165, 1.54) is 22.9 Å². The zero-order valence-electron chi connectivity index (χ0n) is 16.4. The zero-order chi connectivity index (χ0) is 21.5. The molecule has 5 rings (SSSR count). The summed E-state index contributed by atoms with van der Waals surface area (Å²) in [5.41, 5.74) is 7.78. The molecule has 32 heavy (non-hydrogen) atoms. The first kappa shape index (κ1) is 21.3. The summed E-state index contributed by atoms with van der Waals surface area (Å²) in [4.78, 5) is 19.9. The van der Waals surface area contributed by atoms with Gasteiger partial charge in [-0.3, -0.25) is 9.78 Å². The number of carbonyl (C=O) groups excluding carboxylic acids is 1. The normalized spacial score (nSPS) is 10.9. The van der Waals surface area contributed by atoms with Crippen LogP contribution in [0, 0.1) is 11.6 Å². The van der Waals surface area contributed by atoms with Crippen molar-refractivity contribution in [3.8, 4) is 11.3 Å². The number of pyridine rings is 2. The van der Waals surface area contributed by atoms with E-state index in [2.05, 4.69) is 20.3 Å². The van der Waals surface area contributed by atoms with Crippen molar-refractivity contribution in [3.05, 3.63) is 83.6 Å². The Labute approximate surface area is 186 Å². The van der Waals surface area contributed by atoms with Crippen molar-refractivity contribution >= 4 is 40.4 Å². The molecule has 0 aliphatic rings. The predicted octanol–water partition coefficient (Wildman–Crippen LogP) is 3.89. The standard InChI is InChI=1S/C22H14F2N6O.ClH/c23-16-10-20-12(2-1-7-26-20)8-14(16)11-30-22-19(28-29-30)6-5-18(27-22)13-3-4-15(21(25)31)17(24)9-13;/h1-10H,11H2,(H2,25,31);1H. The van der Waals surface area contributed by atoms with Crippen molar-refractivity contribution < 1.29 is 13.6 Å². The molecule has 0 aliphatic heterocycles. The van der Waals surface area contributed by atoms with Crippen molar-refractivity contribution in [2.75, 3.05) is 0 Å². The van der Waals surface area contributed by atoms with Crippen LogP contribution in [0.2, 0.25) is 0 Å². The van der Waals surface area contributed by atoms with Gasteiger partial charge in [0.2, 0.25) is 0 Å². The summed E-state index contributed by atoms with van der Waals surface area (Å²) < 4.78 is 30.3. The monoisotopic (exact) mass is 452 g/mol. The molecule has 0 unspecified atom stereocenters. The van der Waals surface area contributed by atoms with Gasteiger partial charge in [-0.2, -0.15) is 0 Å². The van der Waals surface area contributed by atoms with Crippen molar-refractivity contribution in [2.24, 2.45) is 5.73 Å². The van der Waals surface area contributed by atoms with Crippen LogP contribution in [-0.2, 0) is 6.54 Å². The van der Waals surface area contributed by atoms with Gasteiger partial charge in [0.05, 0.1) is 23.3 Å². The fourth-order valence-electron chi connectivity index (χ4n) is 3.42. The number of carbonyl (C=O) groups is 1. The van der Waals surface area contributed by atoms with Crippen molar-refractivity contribution in [1.82, 2.24) is 25.0 Å². The number of aromatic nitrogens is 5. The first-order chi connectivity index (χ1) is 15.0. The van der Waals surface area contributed by atoms with E-state index < -0.39 is 17.5 Å². The molecule has 0 spiro atoms. The summed E-state index contributed by atoms with van der Waals surface area (Å²) >= 11 is 0. The smallest absolute Gasteiger partial charge is 0.251 e. The largest absolute Gasteiger partial charge is 0.366 e. The highest BCUT2D eigenvalue weighted by molar-refractivity contribution is 5.93. The van der Waals surface area contributed by atoms with Gasteiger partial charge in [-0.15, -0.1) is 17.5 Å². The quantitative estimate of drug-likeness (QED) is 0.446. The van der Waals surface area contributed by atoms with E-state index in [-0.39, 0.29) is 24.5 Å². The van der Waals surface area contributed by atoms with Crippen molar-refractivity contribution in [2.45, 2.75) is 6.54 Å². The van der Waals surface area contributed by atoms with E-state index >= 15 is 0 Å². The molecule has 7 nitrogen and oxygen atoms in total. The summed E-state index contributed by atoms with van der Waals surface area (Å²) in [5, 5.41) is 8.97. The fourth-order valence-corrected chi connectivity index (χ4v) is 3.42. The van der Waals surface area contributed by atoms with Gasteiger partial charge in [-0.05, 0) is 36.4 Å². The van der Waals surface area contributed by atoms with Crippen LogP contribution in [0.4, 0.5) is 8.78 Å². The van der Waals surface area contributed by atoms with Gasteiger partial charge in [0.15, 0.2) is 5.65 Å². The molecular formula is C22H15ClF2N6O. The predicted molar refractivity (Wildman–Crippen MR) is 117 cm³/mol. The molecule has 2 aromatic carbocycles. The number of nitrogens with two attached hydrogens (primary N) is 1. The van der Waals surface area contributed by atoms with Crippen LogP contribution < -0.4 is 5.73 Å². The second kappa shape index (κ2) is 8.27. The number of amides is 1. The Morgan fingerprint density at radius 2 is 1.84 bits per heavy atom. The first-order valence-electron chi connectivity index (χ1n) is 9.33. The maximum Gasteiger partial charge on any atom is 0.251 e. The highest BCUT2D eigenvalue weighted by Crippen LogP contribution is 2.24. The maximum absolute atomic E-state index is 14.6. The van der Waals surface area contributed by atoms with E-state index in [4.69, 9.17) is 5.73 Å². The number of fused-ring (bicyclic) bond motifs is 2. The lowest BCUT2D eigenvalue weighted by Gasteiger charge is -2.07. The molecule has 1 amide bonds. The maximum atomic E-state index is 14.6. The second-order valence-corrected chi connectivity index (χ2v) is 6.98. The second-order valence-electron chi connectivity index (χ2n) is 6.98. The number of rotatable bonds is 4. The summed E-state index contributed by atoms with van der Waals surface area (Å²) in [6.45, 7) is 0.110. The minimum Gasteiger partial charge on any atom is -0.366 e. The first-order valence-corrected chi connectivity index (χ1v) is 9.33. The third-order valence-electron chi connectivity index (χ3n) is 4.98. The Morgan fingerprint density at radius 1 is 1.00 bits per heavy atom. The summed E-state index contributed by atoms with van der Waals surface area (Å²) in [5.74, 6) is -1.98. The molecule has 0 fully saturated rings. The van der Waals surface area contributed by atoms with Crippen molar-refractivity contribution in [1.29, 1.82) is 0 Å². The van der Waals surface area contributed by atoms with E-state index in [0.717, 1.165) is 5.39 Å². The molecule has 0 saturated heterocycles. The van der Waals surface area contributed by atoms with Crippen molar-refractivity contribution in [3.63, 3.8) is 0 Å². The molecule has 0 bridgehead atoms. The third kappa shape index (κ3) is 3.74. The van der Waals surface area contributed by atoms with E-state index in [0.29, 0.717) is 33.5 Å². The van der Waals surface area contributed by atoms with Crippen LogP contribution in [0.1, 0.15) is 15.9 Å². The molecule has 0 saturated carbocycles. The number of benzene rings is 2. The third-order valence-corrected chi connectivity index (χ3v) is 4.98. The highest BCUT2D eigenvalue weighted by Gasteiger charge is 2.14. The number of hydrogen-bond acceptors (Lipinski definition) is 5. The van der Waals surface area contributed by atoms with Crippen LogP contribution in [0.15, 0.2) is 60.8 Å². The van der Waals surface area contributed by atoms with Gasteiger partial charge in [0, 0.05) is 28.8 Å². The molecule has 10 heteroatoms. The van der Waals surface area contributed by atoms with E-state index in [1.54, 1.807) is 36.5 Å². The Balaban J connectivity index is 0.00000245. The molecular weight excluding hydrogens is 438 g/mol. The van der Waals surface area contributed by atoms with Crippen LogP contribution in [-0.4, -0.2) is 30.9 Å². The van der Waals surface area contributed by atoms with Gasteiger partial charge in [0.1, 0.15) is 17.2 Å². The van der Waals surface area contributed by atoms with Crippen LogP contribution >= 0.6 is 12.4 Å². The fraction of sp³-hybridized carbons (Fsp3) is 0.0455.